The fourth-order valence-corrected chi connectivity index (χ4v) is 2.75. The fourth-order valence-electron chi connectivity index (χ4n) is 2.75. The Hall–Kier alpha value is -3.35. The lowest BCUT2D eigenvalue weighted by Gasteiger charge is -2.01. The van der Waals surface area contributed by atoms with Crippen molar-refractivity contribution in [2.24, 2.45) is 7.05 Å². The van der Waals surface area contributed by atoms with Crippen LogP contribution in [0.3, 0.4) is 0 Å². The molecule has 4 aromatic heterocycles. The van der Waals surface area contributed by atoms with Gasteiger partial charge in [0.1, 0.15) is 17.2 Å². The van der Waals surface area contributed by atoms with E-state index in [1.165, 1.54) is 0 Å². The maximum Gasteiger partial charge on any atom is 0.272 e. The van der Waals surface area contributed by atoms with Gasteiger partial charge in [0.25, 0.3) is 5.91 Å². The zero-order valence-electron chi connectivity index (χ0n) is 13.9. The second-order valence-electron chi connectivity index (χ2n) is 5.86. The molecule has 4 aromatic rings. The van der Waals surface area contributed by atoms with E-state index in [4.69, 9.17) is 4.42 Å². The first-order chi connectivity index (χ1) is 12.1. The third-order valence-corrected chi connectivity index (χ3v) is 3.92. The van der Waals surface area contributed by atoms with Crippen LogP contribution in [0.15, 0.2) is 53.5 Å². The number of aryl methyl sites for hydroxylation is 2. The molecule has 0 aliphatic heterocycles. The van der Waals surface area contributed by atoms with Crippen LogP contribution in [0.5, 0.6) is 0 Å². The highest BCUT2D eigenvalue weighted by molar-refractivity contribution is 5.99. The van der Waals surface area contributed by atoms with Gasteiger partial charge in [-0.15, -0.1) is 0 Å². The Morgan fingerprint density at radius 2 is 2.16 bits per heavy atom. The van der Waals surface area contributed by atoms with Crippen LogP contribution in [0.1, 0.15) is 22.0 Å². The van der Waals surface area contributed by atoms with Gasteiger partial charge in [-0.25, -0.2) is 9.97 Å². The molecule has 0 saturated heterocycles. The van der Waals surface area contributed by atoms with Crippen molar-refractivity contribution in [3.63, 3.8) is 0 Å². The average Bonchev–Trinajstić information content (AvgIpc) is 3.31. The van der Waals surface area contributed by atoms with Gasteiger partial charge in [0.05, 0.1) is 18.4 Å². The number of rotatable bonds is 4. The van der Waals surface area contributed by atoms with Crippen LogP contribution >= 0.6 is 0 Å². The molecule has 0 unspecified atom stereocenters. The van der Waals surface area contributed by atoms with Gasteiger partial charge < -0.3 is 14.3 Å². The number of carbonyl (C=O) groups excluding carboxylic acids is 1. The van der Waals surface area contributed by atoms with E-state index in [-0.39, 0.29) is 5.91 Å². The minimum Gasteiger partial charge on any atom is -0.465 e. The fraction of sp³-hybridized carbons (Fsp3) is 0.167. The number of furan rings is 1. The van der Waals surface area contributed by atoms with Crippen molar-refractivity contribution in [1.82, 2.24) is 24.3 Å². The summed E-state index contributed by atoms with van der Waals surface area (Å²) in [4.78, 5) is 21.5. The summed E-state index contributed by atoms with van der Waals surface area (Å²) in [7, 11) is 1.89. The van der Waals surface area contributed by atoms with Gasteiger partial charge in [0.2, 0.25) is 0 Å². The number of nitrogens with zero attached hydrogens (tertiary/aromatic N) is 4. The molecule has 7 heteroatoms. The topological polar surface area (TPSA) is 77.4 Å². The molecule has 0 bridgehead atoms. The summed E-state index contributed by atoms with van der Waals surface area (Å²) in [6, 6.07) is 9.36. The maximum absolute atomic E-state index is 12.6. The van der Waals surface area contributed by atoms with Gasteiger partial charge in [-0.2, -0.15) is 0 Å². The third-order valence-electron chi connectivity index (χ3n) is 3.92. The summed E-state index contributed by atoms with van der Waals surface area (Å²) in [5, 5.41) is 2.86. The zero-order valence-corrected chi connectivity index (χ0v) is 13.9. The van der Waals surface area contributed by atoms with Gasteiger partial charge in [-0.1, -0.05) is 6.07 Å². The Bertz CT molecular complexity index is 1060. The van der Waals surface area contributed by atoms with Crippen molar-refractivity contribution in [3.8, 4) is 11.5 Å². The van der Waals surface area contributed by atoms with Crippen molar-refractivity contribution < 1.29 is 9.21 Å². The van der Waals surface area contributed by atoms with E-state index >= 15 is 0 Å². The summed E-state index contributed by atoms with van der Waals surface area (Å²) in [6.07, 6.45) is 5.45. The molecule has 4 rings (SSSR count). The number of nitrogens with one attached hydrogen (secondary N) is 1. The second kappa shape index (κ2) is 5.94. The van der Waals surface area contributed by atoms with Crippen molar-refractivity contribution in [2.75, 3.05) is 0 Å². The molecule has 0 radical (unpaired) electrons. The molecule has 0 fully saturated rings. The van der Waals surface area contributed by atoms with Gasteiger partial charge in [-0.05, 0) is 31.2 Å². The first-order valence-corrected chi connectivity index (χ1v) is 7.91. The summed E-state index contributed by atoms with van der Waals surface area (Å²) >= 11 is 0. The van der Waals surface area contributed by atoms with Crippen LogP contribution in [0.2, 0.25) is 0 Å². The van der Waals surface area contributed by atoms with Crippen LogP contribution in [0.4, 0.5) is 0 Å². The molecule has 0 aliphatic rings. The number of hydrogen-bond acceptors (Lipinski definition) is 4. The summed E-state index contributed by atoms with van der Waals surface area (Å²) in [5.41, 5.74) is 1.81. The quantitative estimate of drug-likeness (QED) is 0.622. The minimum absolute atomic E-state index is 0.250. The number of fused-ring (bicyclic) bond motifs is 1. The lowest BCUT2D eigenvalue weighted by Crippen LogP contribution is -2.23. The SMILES string of the molecule is Cc1ccc(CNC(=O)c2nc(-c3cn(C)cn3)n3ccccc23)o1. The monoisotopic (exact) mass is 335 g/mol. The maximum atomic E-state index is 12.6. The average molecular weight is 335 g/mol. The number of pyridine rings is 1. The lowest BCUT2D eigenvalue weighted by molar-refractivity contribution is 0.0945. The van der Waals surface area contributed by atoms with Gasteiger partial charge in [-0.3, -0.25) is 9.20 Å². The van der Waals surface area contributed by atoms with E-state index in [1.54, 1.807) is 6.33 Å². The van der Waals surface area contributed by atoms with Gasteiger partial charge >= 0.3 is 0 Å². The summed E-state index contributed by atoms with van der Waals surface area (Å²) in [6.45, 7) is 2.19. The molecule has 25 heavy (non-hydrogen) atoms. The first-order valence-electron chi connectivity index (χ1n) is 7.91. The zero-order chi connectivity index (χ0) is 17.4. The smallest absolute Gasteiger partial charge is 0.272 e. The standard InChI is InChI=1S/C18H17N5O2/c1-12-6-7-13(25-12)9-19-18(24)16-15-5-3-4-8-23(15)17(21-16)14-10-22(2)11-20-14/h3-8,10-11H,9H2,1-2H3,(H,19,24). The third kappa shape index (κ3) is 2.80. The molecule has 7 nitrogen and oxygen atoms in total. The van der Waals surface area contributed by atoms with Crippen molar-refractivity contribution >= 4 is 11.4 Å². The molecule has 0 saturated carbocycles. The number of hydrogen-bond donors (Lipinski definition) is 1. The largest absolute Gasteiger partial charge is 0.465 e. The van der Waals surface area contributed by atoms with Crippen LogP contribution < -0.4 is 5.32 Å². The van der Waals surface area contributed by atoms with Crippen LogP contribution in [0, 0.1) is 6.92 Å². The molecular formula is C18H17N5O2. The Balaban J connectivity index is 1.68. The molecular weight excluding hydrogens is 318 g/mol. The number of carbonyl (C=O) groups is 1. The van der Waals surface area contributed by atoms with Gasteiger partial charge in [0.15, 0.2) is 11.5 Å². The normalized spacial score (nSPS) is 11.1. The Labute approximate surface area is 143 Å². The number of amides is 1. The highest BCUT2D eigenvalue weighted by Crippen LogP contribution is 2.21. The van der Waals surface area contributed by atoms with E-state index < -0.39 is 0 Å². The predicted octanol–water partition coefficient (Wildman–Crippen LogP) is 2.57. The van der Waals surface area contributed by atoms with E-state index in [9.17, 15) is 4.79 Å². The number of aromatic nitrogens is 4. The van der Waals surface area contributed by atoms with E-state index in [0.717, 1.165) is 11.3 Å². The Morgan fingerprint density at radius 1 is 1.28 bits per heavy atom. The predicted molar refractivity (Wildman–Crippen MR) is 92.0 cm³/mol. The van der Waals surface area contributed by atoms with E-state index in [2.05, 4.69) is 15.3 Å². The molecule has 126 valence electrons. The van der Waals surface area contributed by atoms with Crippen LogP contribution in [-0.2, 0) is 13.6 Å². The van der Waals surface area contributed by atoms with Crippen molar-refractivity contribution in [1.29, 1.82) is 0 Å². The first kappa shape index (κ1) is 15.2. The molecule has 4 heterocycles. The van der Waals surface area contributed by atoms with Gasteiger partial charge in [0, 0.05) is 19.4 Å². The molecule has 0 aromatic carbocycles. The molecule has 0 spiro atoms. The molecule has 0 atom stereocenters. The van der Waals surface area contributed by atoms with Crippen molar-refractivity contribution in [2.45, 2.75) is 13.5 Å². The van der Waals surface area contributed by atoms with E-state index in [0.29, 0.717) is 29.5 Å². The summed E-state index contributed by atoms with van der Waals surface area (Å²) in [5.74, 6) is 1.91. The van der Waals surface area contributed by atoms with Crippen LogP contribution in [-0.4, -0.2) is 24.8 Å². The molecule has 1 N–H and O–H groups in total. The van der Waals surface area contributed by atoms with Crippen molar-refractivity contribution in [3.05, 3.63) is 66.3 Å². The Morgan fingerprint density at radius 3 is 2.88 bits per heavy atom. The minimum atomic E-state index is -0.250. The lowest BCUT2D eigenvalue weighted by atomic mass is 10.3. The second-order valence-corrected chi connectivity index (χ2v) is 5.86. The Kier molecular flexibility index (Phi) is 3.61. The number of imidazole rings is 2. The molecule has 1 amide bonds. The summed E-state index contributed by atoms with van der Waals surface area (Å²) < 4.78 is 9.20. The van der Waals surface area contributed by atoms with Crippen LogP contribution in [0.25, 0.3) is 17.0 Å². The molecule has 0 aliphatic carbocycles. The highest BCUT2D eigenvalue weighted by atomic mass is 16.3. The highest BCUT2D eigenvalue weighted by Gasteiger charge is 2.19. The van der Waals surface area contributed by atoms with E-state index in [1.807, 2.05) is 65.7 Å².